The summed E-state index contributed by atoms with van der Waals surface area (Å²) in [4.78, 5) is 7.90. The van der Waals surface area contributed by atoms with Crippen molar-refractivity contribution >= 4 is 29.0 Å². The smallest absolute Gasteiger partial charge is 0.182 e. The number of aromatic nitrogens is 2. The van der Waals surface area contributed by atoms with Gasteiger partial charge in [0, 0.05) is 23.0 Å². The number of benzene rings is 1. The van der Waals surface area contributed by atoms with Gasteiger partial charge in [0.1, 0.15) is 11.9 Å². The van der Waals surface area contributed by atoms with Crippen LogP contribution in [0.15, 0.2) is 24.5 Å². The Morgan fingerprint density at radius 1 is 1.30 bits per heavy atom. The van der Waals surface area contributed by atoms with Crippen molar-refractivity contribution in [2.45, 2.75) is 13.0 Å². The zero-order valence-electron chi connectivity index (χ0n) is 10.4. The first-order valence-electron chi connectivity index (χ1n) is 5.65. The summed E-state index contributed by atoms with van der Waals surface area (Å²) in [7, 11) is 0. The van der Waals surface area contributed by atoms with E-state index in [1.54, 1.807) is 6.92 Å². The van der Waals surface area contributed by atoms with E-state index in [1.165, 1.54) is 24.5 Å². The summed E-state index contributed by atoms with van der Waals surface area (Å²) < 4.78 is 13.5. The predicted molar refractivity (Wildman–Crippen MR) is 75.2 cm³/mol. The first kappa shape index (κ1) is 14.5. The third kappa shape index (κ3) is 2.82. The Morgan fingerprint density at radius 2 is 2.00 bits per heavy atom. The molecule has 7 heteroatoms. The maximum Gasteiger partial charge on any atom is 0.182 e. The van der Waals surface area contributed by atoms with Gasteiger partial charge in [-0.1, -0.05) is 23.2 Å². The van der Waals surface area contributed by atoms with E-state index < -0.39 is 11.9 Å². The molecule has 0 saturated heterocycles. The van der Waals surface area contributed by atoms with Crippen molar-refractivity contribution in [1.29, 1.82) is 5.26 Å². The molecule has 0 aliphatic heterocycles. The van der Waals surface area contributed by atoms with Crippen LogP contribution in [0.4, 0.5) is 10.2 Å². The first-order valence-corrected chi connectivity index (χ1v) is 6.41. The van der Waals surface area contributed by atoms with Crippen LogP contribution in [0.5, 0.6) is 0 Å². The molecular formula is C13H9Cl2FN4. The Labute approximate surface area is 125 Å². The van der Waals surface area contributed by atoms with Crippen molar-refractivity contribution in [2.24, 2.45) is 0 Å². The molecule has 20 heavy (non-hydrogen) atoms. The number of hydrogen-bond acceptors (Lipinski definition) is 4. The normalized spacial score (nSPS) is 11.8. The topological polar surface area (TPSA) is 61.6 Å². The Kier molecular flexibility index (Phi) is 4.38. The van der Waals surface area contributed by atoms with Gasteiger partial charge in [-0.15, -0.1) is 0 Å². The highest BCUT2D eigenvalue weighted by molar-refractivity contribution is 6.36. The highest BCUT2D eigenvalue weighted by atomic mass is 35.5. The largest absolute Gasteiger partial charge is 0.361 e. The molecule has 102 valence electrons. The molecule has 0 radical (unpaired) electrons. The van der Waals surface area contributed by atoms with Crippen LogP contribution < -0.4 is 5.32 Å². The minimum atomic E-state index is -0.556. The first-order chi connectivity index (χ1) is 9.54. The van der Waals surface area contributed by atoms with E-state index in [-0.39, 0.29) is 10.7 Å². The van der Waals surface area contributed by atoms with Crippen LogP contribution in [-0.2, 0) is 0 Å². The standard InChI is InChI=1S/C13H9Cl2FN4/c1-7(11-8(14)2-3-9(16)12(11)15)20-13-10(6-17)18-4-5-19-13/h2-5,7H,1H3,(H,19,20). The van der Waals surface area contributed by atoms with Gasteiger partial charge in [0.25, 0.3) is 0 Å². The minimum Gasteiger partial charge on any atom is -0.361 e. The van der Waals surface area contributed by atoms with Crippen LogP contribution in [-0.4, -0.2) is 9.97 Å². The molecule has 2 rings (SSSR count). The van der Waals surface area contributed by atoms with Crippen LogP contribution in [0, 0.1) is 17.1 Å². The molecule has 0 amide bonds. The monoisotopic (exact) mass is 310 g/mol. The third-order valence-electron chi connectivity index (χ3n) is 2.67. The van der Waals surface area contributed by atoms with Gasteiger partial charge >= 0.3 is 0 Å². The molecular weight excluding hydrogens is 302 g/mol. The van der Waals surface area contributed by atoms with Crippen molar-refractivity contribution in [3.05, 3.63) is 51.6 Å². The highest BCUT2D eigenvalue weighted by Crippen LogP contribution is 2.33. The molecule has 1 atom stereocenters. The lowest BCUT2D eigenvalue weighted by molar-refractivity contribution is 0.624. The average Bonchev–Trinajstić information content (AvgIpc) is 2.44. The molecule has 0 spiro atoms. The number of nitriles is 1. The van der Waals surface area contributed by atoms with Crippen LogP contribution in [0.1, 0.15) is 24.2 Å². The highest BCUT2D eigenvalue weighted by Gasteiger charge is 2.18. The van der Waals surface area contributed by atoms with E-state index in [2.05, 4.69) is 15.3 Å². The molecule has 1 aromatic carbocycles. The van der Waals surface area contributed by atoms with E-state index in [1.807, 2.05) is 6.07 Å². The van der Waals surface area contributed by atoms with E-state index >= 15 is 0 Å². The van der Waals surface area contributed by atoms with Crippen molar-refractivity contribution in [1.82, 2.24) is 9.97 Å². The Morgan fingerprint density at radius 3 is 2.70 bits per heavy atom. The molecule has 1 unspecified atom stereocenters. The number of halogens is 3. The molecule has 1 N–H and O–H groups in total. The summed E-state index contributed by atoms with van der Waals surface area (Å²) in [5.41, 5.74) is 0.547. The predicted octanol–water partition coefficient (Wildman–Crippen LogP) is 3.97. The lowest BCUT2D eigenvalue weighted by Crippen LogP contribution is -2.11. The lowest BCUT2D eigenvalue weighted by Gasteiger charge is -2.18. The Bertz CT molecular complexity index is 685. The van der Waals surface area contributed by atoms with Crippen molar-refractivity contribution < 1.29 is 4.39 Å². The average molecular weight is 311 g/mol. The van der Waals surface area contributed by atoms with E-state index in [4.69, 9.17) is 28.5 Å². The zero-order chi connectivity index (χ0) is 14.7. The second-order valence-electron chi connectivity index (χ2n) is 3.99. The van der Waals surface area contributed by atoms with Crippen LogP contribution in [0.2, 0.25) is 10.0 Å². The number of anilines is 1. The number of nitrogens with one attached hydrogen (secondary N) is 1. The van der Waals surface area contributed by atoms with Gasteiger partial charge in [0.05, 0.1) is 11.1 Å². The van der Waals surface area contributed by atoms with Crippen LogP contribution in [0.25, 0.3) is 0 Å². The van der Waals surface area contributed by atoms with Crippen LogP contribution in [0.3, 0.4) is 0 Å². The minimum absolute atomic E-state index is 0.0557. The number of hydrogen-bond donors (Lipinski definition) is 1. The van der Waals surface area contributed by atoms with Gasteiger partial charge in [-0.25, -0.2) is 14.4 Å². The van der Waals surface area contributed by atoms with Crippen molar-refractivity contribution in [3.63, 3.8) is 0 Å². The molecule has 0 bridgehead atoms. The second-order valence-corrected chi connectivity index (χ2v) is 4.77. The molecule has 0 saturated carbocycles. The van der Waals surface area contributed by atoms with Gasteiger partial charge < -0.3 is 5.32 Å². The summed E-state index contributed by atoms with van der Waals surface area (Å²) in [5, 5.41) is 12.2. The van der Waals surface area contributed by atoms with Gasteiger partial charge in [0.15, 0.2) is 11.5 Å². The summed E-state index contributed by atoms with van der Waals surface area (Å²) >= 11 is 12.0. The van der Waals surface area contributed by atoms with Gasteiger partial charge in [0.2, 0.25) is 0 Å². The quantitative estimate of drug-likeness (QED) is 0.871. The summed E-state index contributed by atoms with van der Waals surface area (Å²) in [6.07, 6.45) is 2.86. The summed E-state index contributed by atoms with van der Waals surface area (Å²) in [5.74, 6) is -0.265. The van der Waals surface area contributed by atoms with Crippen molar-refractivity contribution in [2.75, 3.05) is 5.32 Å². The molecule has 1 heterocycles. The van der Waals surface area contributed by atoms with E-state index in [9.17, 15) is 4.39 Å². The van der Waals surface area contributed by atoms with Gasteiger partial charge in [-0.3, -0.25) is 0 Å². The second kappa shape index (κ2) is 6.04. The fourth-order valence-corrected chi connectivity index (χ4v) is 2.44. The van der Waals surface area contributed by atoms with Gasteiger partial charge in [-0.05, 0) is 19.1 Å². The molecule has 0 aliphatic carbocycles. The Hall–Kier alpha value is -1.90. The molecule has 2 aromatic rings. The molecule has 0 fully saturated rings. The summed E-state index contributed by atoms with van der Waals surface area (Å²) in [6, 6.07) is 4.11. The van der Waals surface area contributed by atoms with E-state index in [0.29, 0.717) is 16.4 Å². The zero-order valence-corrected chi connectivity index (χ0v) is 11.9. The lowest BCUT2D eigenvalue weighted by atomic mass is 10.1. The van der Waals surface area contributed by atoms with E-state index in [0.717, 1.165) is 0 Å². The van der Waals surface area contributed by atoms with Crippen molar-refractivity contribution in [3.8, 4) is 6.07 Å². The number of nitrogens with zero attached hydrogens (tertiary/aromatic N) is 3. The Balaban J connectivity index is 2.36. The SMILES string of the molecule is CC(Nc1nccnc1C#N)c1c(Cl)ccc(F)c1Cl. The van der Waals surface area contributed by atoms with Crippen LogP contribution >= 0.6 is 23.2 Å². The molecule has 1 aromatic heterocycles. The molecule has 4 nitrogen and oxygen atoms in total. The fourth-order valence-electron chi connectivity index (χ4n) is 1.74. The van der Waals surface area contributed by atoms with Gasteiger partial charge in [-0.2, -0.15) is 5.26 Å². The summed E-state index contributed by atoms with van der Waals surface area (Å²) in [6.45, 7) is 1.74. The maximum absolute atomic E-state index is 13.5. The fraction of sp³-hybridized carbons (Fsp3) is 0.154. The third-order valence-corrected chi connectivity index (χ3v) is 3.38. The molecule has 0 aliphatic rings. The maximum atomic E-state index is 13.5. The number of rotatable bonds is 3.